The molecule has 1 amide bonds. The number of ether oxygens (including phenoxy) is 1. The number of hydrogen-bond acceptors (Lipinski definition) is 4. The minimum atomic E-state index is -0.232. The third kappa shape index (κ3) is 7.48. The van der Waals surface area contributed by atoms with Crippen molar-refractivity contribution in [1.29, 1.82) is 0 Å². The summed E-state index contributed by atoms with van der Waals surface area (Å²) in [6.07, 6.45) is 1.58. The molecule has 0 aliphatic carbocycles. The summed E-state index contributed by atoms with van der Waals surface area (Å²) in [5, 5.41) is 7.09. The largest absolute Gasteiger partial charge is 0.487 e. The van der Waals surface area contributed by atoms with Crippen molar-refractivity contribution in [3.05, 3.63) is 90.8 Å². The van der Waals surface area contributed by atoms with Crippen molar-refractivity contribution in [2.24, 2.45) is 5.10 Å². The summed E-state index contributed by atoms with van der Waals surface area (Å²) in [7, 11) is 0. The van der Waals surface area contributed by atoms with Gasteiger partial charge in [-0.2, -0.15) is 5.10 Å². The van der Waals surface area contributed by atoms with Crippen LogP contribution in [0.25, 0.3) is 0 Å². The van der Waals surface area contributed by atoms with Crippen LogP contribution < -0.4 is 15.5 Å². The van der Waals surface area contributed by atoms with E-state index >= 15 is 0 Å². The van der Waals surface area contributed by atoms with Gasteiger partial charge in [-0.15, -0.1) is 0 Å². The van der Waals surface area contributed by atoms with Crippen LogP contribution in [0, 0.1) is 6.92 Å². The van der Waals surface area contributed by atoms with E-state index < -0.39 is 0 Å². The minimum absolute atomic E-state index is 0.136. The van der Waals surface area contributed by atoms with Crippen LogP contribution >= 0.6 is 47.8 Å². The van der Waals surface area contributed by atoms with E-state index in [-0.39, 0.29) is 12.5 Å². The normalized spacial score (nSPS) is 10.8. The van der Waals surface area contributed by atoms with Crippen molar-refractivity contribution >= 4 is 65.6 Å². The van der Waals surface area contributed by atoms with E-state index in [4.69, 9.17) is 4.74 Å². The smallest absolute Gasteiger partial charge is 0.259 e. The van der Waals surface area contributed by atoms with E-state index in [9.17, 15) is 4.79 Å². The number of hydrazone groups is 1. The maximum Gasteiger partial charge on any atom is 0.259 e. The van der Waals surface area contributed by atoms with Gasteiger partial charge in [0.1, 0.15) is 12.4 Å². The molecule has 2 N–H and O–H groups in total. The molecule has 3 aromatic carbocycles. The first-order valence-electron chi connectivity index (χ1n) is 9.39. The molecule has 5 nitrogen and oxygen atoms in total. The summed E-state index contributed by atoms with van der Waals surface area (Å²) in [6, 6.07) is 19.6. The van der Waals surface area contributed by atoms with Crippen LogP contribution in [0.15, 0.2) is 79.2 Å². The standard InChI is InChI=1S/C23H20Br3N3O2/c1-15-2-8-19(9-3-15)27-13-22(30)29-28-12-17-10-20(25)23(21(26)11-17)31-14-16-4-6-18(24)7-5-16/h2-12,27H,13-14H2,1H3,(H,29,30)/b28-12-. The lowest BCUT2D eigenvalue weighted by molar-refractivity contribution is -0.119. The lowest BCUT2D eigenvalue weighted by Gasteiger charge is -2.11. The Hall–Kier alpha value is -2.16. The van der Waals surface area contributed by atoms with Crippen molar-refractivity contribution in [3.63, 3.8) is 0 Å². The summed E-state index contributed by atoms with van der Waals surface area (Å²) in [4.78, 5) is 12.0. The minimum Gasteiger partial charge on any atom is -0.487 e. The summed E-state index contributed by atoms with van der Waals surface area (Å²) < 4.78 is 8.54. The number of anilines is 1. The second-order valence-corrected chi connectivity index (χ2v) is 9.37. The van der Waals surface area contributed by atoms with E-state index in [1.807, 2.05) is 67.6 Å². The van der Waals surface area contributed by atoms with Gasteiger partial charge in [0, 0.05) is 10.2 Å². The van der Waals surface area contributed by atoms with E-state index in [1.165, 1.54) is 5.56 Å². The zero-order valence-electron chi connectivity index (χ0n) is 16.7. The summed E-state index contributed by atoms with van der Waals surface area (Å²) >= 11 is 10.5. The fraction of sp³-hybridized carbons (Fsp3) is 0.130. The second kappa shape index (κ2) is 11.5. The van der Waals surface area contributed by atoms with Crippen LogP contribution in [-0.4, -0.2) is 18.7 Å². The van der Waals surface area contributed by atoms with Crippen LogP contribution in [0.5, 0.6) is 5.75 Å². The molecule has 160 valence electrons. The molecule has 0 unspecified atom stereocenters. The highest BCUT2D eigenvalue weighted by Crippen LogP contribution is 2.35. The number of amides is 1. The Kier molecular flexibility index (Phi) is 8.69. The van der Waals surface area contributed by atoms with E-state index in [1.54, 1.807) is 6.21 Å². The predicted octanol–water partition coefficient (Wildman–Crippen LogP) is 6.42. The Labute approximate surface area is 206 Å². The zero-order valence-corrected chi connectivity index (χ0v) is 21.4. The average molecular weight is 610 g/mol. The molecule has 0 radical (unpaired) electrons. The van der Waals surface area contributed by atoms with E-state index in [2.05, 4.69) is 63.6 Å². The van der Waals surface area contributed by atoms with Gasteiger partial charge in [-0.1, -0.05) is 45.8 Å². The van der Waals surface area contributed by atoms with Crippen LogP contribution in [0.4, 0.5) is 5.69 Å². The molecule has 0 aromatic heterocycles. The molecule has 0 saturated carbocycles. The second-order valence-electron chi connectivity index (χ2n) is 6.74. The van der Waals surface area contributed by atoms with Gasteiger partial charge in [-0.05, 0) is 86.3 Å². The third-order valence-corrected chi connectivity index (χ3v) is 5.93. The van der Waals surface area contributed by atoms with Gasteiger partial charge in [-0.3, -0.25) is 4.79 Å². The molecule has 31 heavy (non-hydrogen) atoms. The quantitative estimate of drug-likeness (QED) is 0.229. The van der Waals surface area contributed by atoms with Crippen molar-refractivity contribution in [3.8, 4) is 5.75 Å². The molecule has 0 atom stereocenters. The number of aryl methyl sites for hydroxylation is 1. The number of nitrogens with zero attached hydrogens (tertiary/aromatic N) is 1. The molecule has 0 heterocycles. The first-order valence-corrected chi connectivity index (χ1v) is 11.8. The van der Waals surface area contributed by atoms with Gasteiger partial charge in [-0.25, -0.2) is 5.43 Å². The number of benzene rings is 3. The molecule has 0 saturated heterocycles. The van der Waals surface area contributed by atoms with Crippen LogP contribution in [-0.2, 0) is 11.4 Å². The van der Waals surface area contributed by atoms with Crippen molar-refractivity contribution in [2.75, 3.05) is 11.9 Å². The maximum absolute atomic E-state index is 12.0. The molecule has 0 bridgehead atoms. The van der Waals surface area contributed by atoms with Gasteiger partial charge in [0.25, 0.3) is 5.91 Å². The van der Waals surface area contributed by atoms with Gasteiger partial charge in [0.15, 0.2) is 0 Å². The zero-order chi connectivity index (χ0) is 22.2. The fourth-order valence-electron chi connectivity index (χ4n) is 2.60. The van der Waals surface area contributed by atoms with Crippen molar-refractivity contribution in [1.82, 2.24) is 5.43 Å². The Morgan fingerprint density at radius 3 is 2.29 bits per heavy atom. The van der Waals surface area contributed by atoms with Crippen LogP contribution in [0.1, 0.15) is 16.7 Å². The number of rotatable bonds is 8. The van der Waals surface area contributed by atoms with Gasteiger partial charge >= 0.3 is 0 Å². The summed E-state index contributed by atoms with van der Waals surface area (Å²) in [5.41, 5.74) is 6.44. The molecule has 3 aromatic rings. The fourth-order valence-corrected chi connectivity index (χ4v) is 4.32. The molecule has 3 rings (SSSR count). The Morgan fingerprint density at radius 1 is 1.00 bits per heavy atom. The number of carbonyl (C=O) groups excluding carboxylic acids is 1. The molecule has 0 spiro atoms. The molecule has 8 heteroatoms. The number of hydrogen-bond donors (Lipinski definition) is 2. The Bertz CT molecular complexity index is 1050. The third-order valence-electron chi connectivity index (χ3n) is 4.22. The summed E-state index contributed by atoms with van der Waals surface area (Å²) in [5.74, 6) is 0.468. The first-order chi connectivity index (χ1) is 14.9. The average Bonchev–Trinajstić information content (AvgIpc) is 2.74. The van der Waals surface area contributed by atoms with Gasteiger partial charge < -0.3 is 10.1 Å². The number of nitrogens with one attached hydrogen (secondary N) is 2. The molecule has 0 aliphatic heterocycles. The molecule has 0 fully saturated rings. The lowest BCUT2D eigenvalue weighted by atomic mass is 10.2. The maximum atomic E-state index is 12.0. The van der Waals surface area contributed by atoms with Gasteiger partial charge in [0.2, 0.25) is 0 Å². The molecule has 0 aliphatic rings. The van der Waals surface area contributed by atoms with Crippen molar-refractivity contribution in [2.45, 2.75) is 13.5 Å². The number of halogens is 3. The molecular formula is C23H20Br3N3O2. The van der Waals surface area contributed by atoms with E-state index in [0.29, 0.717) is 12.4 Å². The Morgan fingerprint density at radius 2 is 1.65 bits per heavy atom. The molecular weight excluding hydrogens is 590 g/mol. The van der Waals surface area contributed by atoms with Crippen molar-refractivity contribution < 1.29 is 9.53 Å². The van der Waals surface area contributed by atoms with Crippen LogP contribution in [0.2, 0.25) is 0 Å². The van der Waals surface area contributed by atoms with Crippen LogP contribution in [0.3, 0.4) is 0 Å². The highest BCUT2D eigenvalue weighted by atomic mass is 79.9. The van der Waals surface area contributed by atoms with E-state index in [0.717, 1.165) is 30.2 Å². The SMILES string of the molecule is Cc1ccc(NCC(=O)N/N=C\c2cc(Br)c(OCc3ccc(Br)cc3)c(Br)c2)cc1. The Balaban J connectivity index is 1.52. The predicted molar refractivity (Wildman–Crippen MR) is 136 cm³/mol. The summed E-state index contributed by atoms with van der Waals surface area (Å²) in [6.45, 7) is 2.60. The first kappa shape index (κ1) is 23.5. The topological polar surface area (TPSA) is 62.7 Å². The number of carbonyl (C=O) groups is 1. The monoisotopic (exact) mass is 607 g/mol. The highest BCUT2D eigenvalue weighted by molar-refractivity contribution is 9.11. The highest BCUT2D eigenvalue weighted by Gasteiger charge is 2.09. The lowest BCUT2D eigenvalue weighted by Crippen LogP contribution is -2.25. The van der Waals surface area contributed by atoms with Gasteiger partial charge in [0.05, 0.1) is 21.7 Å².